The van der Waals surface area contributed by atoms with Gasteiger partial charge >= 0.3 is 0 Å². The molecule has 0 spiro atoms. The minimum Gasteiger partial charge on any atom is -0.332 e. The van der Waals surface area contributed by atoms with Crippen LogP contribution in [0.4, 0.5) is 0 Å². The summed E-state index contributed by atoms with van der Waals surface area (Å²) in [6.07, 6.45) is 6.34. The Bertz CT molecular complexity index is 598. The van der Waals surface area contributed by atoms with E-state index < -0.39 is 0 Å². The Morgan fingerprint density at radius 2 is 2.25 bits per heavy atom. The minimum absolute atomic E-state index is 0.270. The number of nitrogens with zero attached hydrogens (tertiary/aromatic N) is 2. The number of carbonyl (C=O) groups excluding carboxylic acids is 1. The molecule has 4 heteroatoms. The number of Topliss-reactive ketones (excluding diaryl/α,β-unsaturated/α-hetero) is 1. The molecular formula is C16H20N2OS. The highest BCUT2D eigenvalue weighted by atomic mass is 32.1. The Labute approximate surface area is 123 Å². The monoisotopic (exact) mass is 288 g/mol. The van der Waals surface area contributed by atoms with Crippen LogP contribution in [0.5, 0.6) is 0 Å². The Morgan fingerprint density at radius 1 is 1.40 bits per heavy atom. The predicted octanol–water partition coefficient (Wildman–Crippen LogP) is 3.79. The van der Waals surface area contributed by atoms with E-state index in [1.165, 1.54) is 35.6 Å². The van der Waals surface area contributed by atoms with Crippen molar-refractivity contribution in [3.63, 3.8) is 0 Å². The van der Waals surface area contributed by atoms with Gasteiger partial charge in [0.15, 0.2) is 5.78 Å². The summed E-state index contributed by atoms with van der Waals surface area (Å²) in [5, 5.41) is 1.96. The molecule has 0 amide bonds. The number of imidazole rings is 1. The summed E-state index contributed by atoms with van der Waals surface area (Å²) in [5.41, 5.74) is 2.70. The van der Waals surface area contributed by atoms with Crippen molar-refractivity contribution in [1.82, 2.24) is 9.55 Å². The van der Waals surface area contributed by atoms with Crippen molar-refractivity contribution in [3.05, 3.63) is 39.6 Å². The van der Waals surface area contributed by atoms with E-state index >= 15 is 0 Å². The van der Waals surface area contributed by atoms with Crippen LogP contribution in [-0.4, -0.2) is 15.3 Å². The van der Waals surface area contributed by atoms with Crippen molar-refractivity contribution < 1.29 is 4.79 Å². The molecule has 0 radical (unpaired) electrons. The van der Waals surface area contributed by atoms with Crippen molar-refractivity contribution in [1.29, 1.82) is 0 Å². The van der Waals surface area contributed by atoms with Crippen LogP contribution in [0, 0.1) is 6.92 Å². The minimum atomic E-state index is 0.270. The summed E-state index contributed by atoms with van der Waals surface area (Å²) in [6, 6.07) is 3.85. The first-order valence-corrected chi connectivity index (χ1v) is 8.25. The summed E-state index contributed by atoms with van der Waals surface area (Å²) >= 11 is 1.54. The van der Waals surface area contributed by atoms with E-state index in [0.29, 0.717) is 6.42 Å². The molecule has 2 aromatic heterocycles. The van der Waals surface area contributed by atoms with Gasteiger partial charge in [-0.15, -0.1) is 11.3 Å². The molecule has 1 aliphatic carbocycles. The molecule has 0 unspecified atom stereocenters. The molecule has 106 valence electrons. The van der Waals surface area contributed by atoms with Gasteiger partial charge in [-0.05, 0) is 50.5 Å². The molecular weight excluding hydrogens is 268 g/mol. The van der Waals surface area contributed by atoms with Gasteiger partial charge in [-0.2, -0.15) is 0 Å². The molecule has 0 N–H and O–H groups in total. The molecule has 2 heterocycles. The van der Waals surface area contributed by atoms with Gasteiger partial charge in [0.05, 0.1) is 10.6 Å². The van der Waals surface area contributed by atoms with Gasteiger partial charge in [-0.1, -0.05) is 6.07 Å². The Balaban J connectivity index is 1.61. The van der Waals surface area contributed by atoms with E-state index in [1.54, 1.807) is 0 Å². The van der Waals surface area contributed by atoms with Gasteiger partial charge in [0.1, 0.15) is 5.82 Å². The van der Waals surface area contributed by atoms with Crippen LogP contribution < -0.4 is 0 Å². The average Bonchev–Trinajstić information content (AvgIpc) is 3.07. The molecule has 0 aromatic carbocycles. The van der Waals surface area contributed by atoms with Crippen molar-refractivity contribution in [2.24, 2.45) is 0 Å². The maximum atomic E-state index is 12.0. The number of hydrogen-bond acceptors (Lipinski definition) is 3. The number of ketones is 1. The molecule has 20 heavy (non-hydrogen) atoms. The SMILES string of the molecule is Cc1nc2c(n1CCCC(=O)c1cccs1)CCCC2. The second-order valence-electron chi connectivity index (χ2n) is 5.42. The van der Waals surface area contributed by atoms with E-state index in [0.717, 1.165) is 36.5 Å². The predicted molar refractivity (Wildman–Crippen MR) is 81.5 cm³/mol. The van der Waals surface area contributed by atoms with Crippen LogP contribution in [-0.2, 0) is 19.4 Å². The Morgan fingerprint density at radius 3 is 3.05 bits per heavy atom. The normalized spacial score (nSPS) is 14.2. The second kappa shape index (κ2) is 5.92. The van der Waals surface area contributed by atoms with E-state index in [2.05, 4.69) is 16.5 Å². The Kier molecular flexibility index (Phi) is 4.01. The van der Waals surface area contributed by atoms with E-state index in [1.807, 2.05) is 17.5 Å². The van der Waals surface area contributed by atoms with Crippen LogP contribution >= 0.6 is 11.3 Å². The lowest BCUT2D eigenvalue weighted by Crippen LogP contribution is -2.10. The number of thiophene rings is 1. The topological polar surface area (TPSA) is 34.9 Å². The molecule has 3 nitrogen and oxygen atoms in total. The number of aromatic nitrogens is 2. The fourth-order valence-electron chi connectivity index (χ4n) is 2.99. The van der Waals surface area contributed by atoms with Gasteiger partial charge in [-0.25, -0.2) is 4.98 Å². The lowest BCUT2D eigenvalue weighted by molar-refractivity contribution is 0.0982. The lowest BCUT2D eigenvalue weighted by Gasteiger charge is -2.14. The smallest absolute Gasteiger partial charge is 0.172 e. The quantitative estimate of drug-likeness (QED) is 0.784. The first kappa shape index (κ1) is 13.6. The summed E-state index contributed by atoms with van der Waals surface area (Å²) in [7, 11) is 0. The maximum Gasteiger partial charge on any atom is 0.172 e. The fourth-order valence-corrected chi connectivity index (χ4v) is 3.68. The van der Waals surface area contributed by atoms with Crippen LogP contribution in [0.2, 0.25) is 0 Å². The van der Waals surface area contributed by atoms with Crippen LogP contribution in [0.25, 0.3) is 0 Å². The molecule has 0 aliphatic heterocycles. The standard InChI is InChI=1S/C16H20N2OS/c1-12-17-13-6-2-3-7-14(13)18(12)10-4-8-15(19)16-9-5-11-20-16/h5,9,11H,2-4,6-8,10H2,1H3. The molecule has 0 fully saturated rings. The third kappa shape index (κ3) is 2.70. The van der Waals surface area contributed by atoms with Crippen LogP contribution in [0.3, 0.4) is 0 Å². The van der Waals surface area contributed by atoms with Crippen LogP contribution in [0.15, 0.2) is 17.5 Å². The molecule has 0 bridgehead atoms. The van der Waals surface area contributed by atoms with E-state index in [-0.39, 0.29) is 5.78 Å². The van der Waals surface area contributed by atoms with Gasteiger partial charge in [0.2, 0.25) is 0 Å². The number of aryl methyl sites for hydroxylation is 2. The van der Waals surface area contributed by atoms with Gasteiger partial charge in [0, 0.05) is 18.7 Å². The van der Waals surface area contributed by atoms with E-state index in [4.69, 9.17) is 0 Å². The zero-order valence-electron chi connectivity index (χ0n) is 11.9. The molecule has 0 atom stereocenters. The van der Waals surface area contributed by atoms with Crippen molar-refractivity contribution >= 4 is 17.1 Å². The zero-order valence-corrected chi connectivity index (χ0v) is 12.7. The molecule has 1 aliphatic rings. The third-order valence-electron chi connectivity index (χ3n) is 4.01. The van der Waals surface area contributed by atoms with Crippen molar-refractivity contribution in [2.45, 2.75) is 52.0 Å². The molecule has 0 saturated carbocycles. The Hall–Kier alpha value is -1.42. The number of fused-ring (bicyclic) bond motifs is 1. The second-order valence-corrected chi connectivity index (χ2v) is 6.36. The first-order chi connectivity index (χ1) is 9.75. The molecule has 3 rings (SSSR count). The number of rotatable bonds is 5. The highest BCUT2D eigenvalue weighted by Gasteiger charge is 2.17. The number of hydrogen-bond donors (Lipinski definition) is 0. The summed E-state index contributed by atoms with van der Waals surface area (Å²) in [6.45, 7) is 3.00. The average molecular weight is 288 g/mol. The van der Waals surface area contributed by atoms with Gasteiger partial charge in [-0.3, -0.25) is 4.79 Å². The summed E-state index contributed by atoms with van der Waals surface area (Å²) in [4.78, 5) is 17.6. The molecule has 2 aromatic rings. The zero-order chi connectivity index (χ0) is 13.9. The lowest BCUT2D eigenvalue weighted by atomic mass is 10.0. The summed E-state index contributed by atoms with van der Waals surface area (Å²) < 4.78 is 2.33. The molecule has 0 saturated heterocycles. The largest absolute Gasteiger partial charge is 0.332 e. The maximum absolute atomic E-state index is 12.0. The highest BCUT2D eigenvalue weighted by molar-refractivity contribution is 7.12. The third-order valence-corrected chi connectivity index (χ3v) is 4.92. The fraction of sp³-hybridized carbons (Fsp3) is 0.500. The van der Waals surface area contributed by atoms with Gasteiger partial charge in [0.25, 0.3) is 0 Å². The van der Waals surface area contributed by atoms with E-state index in [9.17, 15) is 4.79 Å². The highest BCUT2D eigenvalue weighted by Crippen LogP contribution is 2.22. The van der Waals surface area contributed by atoms with Crippen molar-refractivity contribution in [2.75, 3.05) is 0 Å². The summed E-state index contributed by atoms with van der Waals surface area (Å²) in [5.74, 6) is 1.38. The number of carbonyl (C=O) groups is 1. The first-order valence-electron chi connectivity index (χ1n) is 7.37. The van der Waals surface area contributed by atoms with Crippen molar-refractivity contribution in [3.8, 4) is 0 Å². The van der Waals surface area contributed by atoms with Gasteiger partial charge < -0.3 is 4.57 Å². The van der Waals surface area contributed by atoms with Crippen LogP contribution in [0.1, 0.15) is 52.6 Å².